The molecule has 0 fully saturated rings. The Labute approximate surface area is 83.9 Å². The maximum atomic E-state index is 5.17. The summed E-state index contributed by atoms with van der Waals surface area (Å²) in [5.41, 5.74) is 1.33. The second kappa shape index (κ2) is 6.13. The van der Waals surface area contributed by atoms with Crippen LogP contribution in [0.15, 0.2) is 16.8 Å². The highest BCUT2D eigenvalue weighted by Crippen LogP contribution is 2.16. The third-order valence-electron chi connectivity index (χ3n) is 1.92. The lowest BCUT2D eigenvalue weighted by molar-refractivity contribution is 0.167. The van der Waals surface area contributed by atoms with Crippen LogP contribution in [0.5, 0.6) is 0 Å². The first-order valence-corrected chi connectivity index (χ1v) is 5.57. The van der Waals surface area contributed by atoms with E-state index in [2.05, 4.69) is 29.1 Å². The second-order valence-corrected chi connectivity index (χ2v) is 3.80. The van der Waals surface area contributed by atoms with Crippen molar-refractivity contribution < 1.29 is 4.74 Å². The van der Waals surface area contributed by atoms with Gasteiger partial charge in [-0.25, -0.2) is 0 Å². The van der Waals surface area contributed by atoms with Gasteiger partial charge in [0.1, 0.15) is 0 Å². The van der Waals surface area contributed by atoms with E-state index in [-0.39, 0.29) is 0 Å². The lowest BCUT2D eigenvalue weighted by Crippen LogP contribution is -2.25. The first-order chi connectivity index (χ1) is 6.38. The summed E-state index contributed by atoms with van der Waals surface area (Å²) in [7, 11) is 1.74. The van der Waals surface area contributed by atoms with Gasteiger partial charge in [-0.05, 0) is 35.4 Å². The normalized spacial score (nSPS) is 13.1. The van der Waals surface area contributed by atoms with E-state index in [4.69, 9.17) is 4.74 Å². The zero-order valence-electron chi connectivity index (χ0n) is 8.25. The molecular formula is C10H17NOS. The molecule has 1 N–H and O–H groups in total. The molecule has 2 nitrogen and oxygen atoms in total. The molecule has 0 aliphatic heterocycles. The molecule has 74 valence electrons. The summed E-state index contributed by atoms with van der Waals surface area (Å²) < 4.78 is 5.17. The highest BCUT2D eigenvalue weighted by Gasteiger charge is 2.09. The minimum Gasteiger partial charge on any atom is -0.383 e. The molecule has 0 aliphatic rings. The lowest BCUT2D eigenvalue weighted by Gasteiger charge is -2.16. The third-order valence-corrected chi connectivity index (χ3v) is 2.62. The summed E-state index contributed by atoms with van der Waals surface area (Å²) in [5, 5.41) is 7.73. The van der Waals surface area contributed by atoms with Crippen molar-refractivity contribution >= 4 is 11.3 Å². The van der Waals surface area contributed by atoms with Gasteiger partial charge in [-0.3, -0.25) is 0 Å². The van der Waals surface area contributed by atoms with Crippen LogP contribution in [0.1, 0.15) is 24.9 Å². The van der Waals surface area contributed by atoms with E-state index in [1.807, 2.05) is 0 Å². The zero-order chi connectivity index (χ0) is 9.52. The minimum atomic E-state index is 0.358. The van der Waals surface area contributed by atoms with Crippen molar-refractivity contribution in [1.82, 2.24) is 5.32 Å². The van der Waals surface area contributed by atoms with Gasteiger partial charge in [0, 0.05) is 7.11 Å². The van der Waals surface area contributed by atoms with Crippen molar-refractivity contribution in [3.05, 3.63) is 22.4 Å². The van der Waals surface area contributed by atoms with E-state index in [1.165, 1.54) is 5.56 Å². The molecule has 1 aromatic heterocycles. The summed E-state index contributed by atoms with van der Waals surface area (Å²) >= 11 is 1.73. The average Bonchev–Trinajstić information content (AvgIpc) is 2.65. The third kappa shape index (κ3) is 3.46. The summed E-state index contributed by atoms with van der Waals surface area (Å²) in [5.74, 6) is 0. The Morgan fingerprint density at radius 1 is 1.62 bits per heavy atom. The molecule has 1 heterocycles. The summed E-state index contributed by atoms with van der Waals surface area (Å²) in [4.78, 5) is 0. The van der Waals surface area contributed by atoms with E-state index in [9.17, 15) is 0 Å². The van der Waals surface area contributed by atoms with Gasteiger partial charge in [0.2, 0.25) is 0 Å². The topological polar surface area (TPSA) is 21.3 Å². The highest BCUT2D eigenvalue weighted by molar-refractivity contribution is 7.07. The van der Waals surface area contributed by atoms with E-state index in [0.717, 1.165) is 19.6 Å². The van der Waals surface area contributed by atoms with Crippen LogP contribution in [-0.2, 0) is 4.74 Å². The largest absolute Gasteiger partial charge is 0.383 e. The number of hydrogen-bond donors (Lipinski definition) is 1. The smallest absolute Gasteiger partial charge is 0.0657 e. The molecule has 0 aliphatic carbocycles. The van der Waals surface area contributed by atoms with Gasteiger partial charge in [-0.1, -0.05) is 6.92 Å². The summed E-state index contributed by atoms with van der Waals surface area (Å²) in [6.07, 6.45) is 1.16. The molecule has 0 radical (unpaired) electrons. The Balaban J connectivity index is 2.47. The monoisotopic (exact) mass is 199 g/mol. The average molecular weight is 199 g/mol. The van der Waals surface area contributed by atoms with Gasteiger partial charge in [0.25, 0.3) is 0 Å². The molecule has 0 saturated carbocycles. The molecule has 0 aromatic carbocycles. The molecule has 3 heteroatoms. The number of thiophene rings is 1. The van der Waals surface area contributed by atoms with E-state index in [1.54, 1.807) is 18.4 Å². The van der Waals surface area contributed by atoms with Crippen LogP contribution in [-0.4, -0.2) is 20.3 Å². The lowest BCUT2D eigenvalue weighted by atomic mass is 10.1. The van der Waals surface area contributed by atoms with Crippen molar-refractivity contribution in [2.75, 3.05) is 20.3 Å². The second-order valence-electron chi connectivity index (χ2n) is 3.02. The van der Waals surface area contributed by atoms with Crippen LogP contribution in [0.3, 0.4) is 0 Å². The molecule has 1 aromatic rings. The van der Waals surface area contributed by atoms with Crippen LogP contribution in [0, 0.1) is 0 Å². The molecule has 0 saturated heterocycles. The van der Waals surface area contributed by atoms with Gasteiger partial charge in [-0.15, -0.1) is 0 Å². The van der Waals surface area contributed by atoms with Gasteiger partial charge in [0.15, 0.2) is 0 Å². The van der Waals surface area contributed by atoms with Crippen LogP contribution >= 0.6 is 11.3 Å². The first kappa shape index (κ1) is 10.7. The molecule has 0 spiro atoms. The molecule has 1 atom stereocenters. The minimum absolute atomic E-state index is 0.358. The van der Waals surface area contributed by atoms with Crippen LogP contribution < -0.4 is 5.32 Å². The van der Waals surface area contributed by atoms with Gasteiger partial charge in [-0.2, -0.15) is 11.3 Å². The fourth-order valence-corrected chi connectivity index (χ4v) is 1.95. The van der Waals surface area contributed by atoms with Crippen LogP contribution in [0.2, 0.25) is 0 Å². The predicted molar refractivity (Wildman–Crippen MR) is 57.2 cm³/mol. The predicted octanol–water partition coefficient (Wildman–Crippen LogP) is 2.44. The Morgan fingerprint density at radius 2 is 2.46 bits per heavy atom. The molecule has 13 heavy (non-hydrogen) atoms. The number of methoxy groups -OCH3 is 1. The maximum absolute atomic E-state index is 5.17. The van der Waals surface area contributed by atoms with E-state index in [0.29, 0.717) is 6.04 Å². The molecular weight excluding hydrogens is 182 g/mol. The van der Waals surface area contributed by atoms with Crippen molar-refractivity contribution in [1.29, 1.82) is 0 Å². The summed E-state index contributed by atoms with van der Waals surface area (Å²) in [6, 6.07) is 2.51. The molecule has 0 amide bonds. The van der Waals surface area contributed by atoms with Crippen molar-refractivity contribution in [2.45, 2.75) is 19.4 Å². The quantitative estimate of drug-likeness (QED) is 0.760. The number of hydrogen-bond acceptors (Lipinski definition) is 3. The number of ether oxygens (including phenoxy) is 1. The first-order valence-electron chi connectivity index (χ1n) is 4.63. The number of nitrogens with one attached hydrogen (secondary N) is 1. The maximum Gasteiger partial charge on any atom is 0.0657 e. The van der Waals surface area contributed by atoms with E-state index >= 15 is 0 Å². The van der Waals surface area contributed by atoms with Crippen molar-refractivity contribution in [3.8, 4) is 0 Å². The zero-order valence-corrected chi connectivity index (χ0v) is 9.06. The van der Waals surface area contributed by atoms with E-state index < -0.39 is 0 Å². The van der Waals surface area contributed by atoms with Crippen molar-refractivity contribution in [3.63, 3.8) is 0 Å². The van der Waals surface area contributed by atoms with Gasteiger partial charge < -0.3 is 10.1 Å². The SMILES string of the molecule is CCCNC(COC)c1ccsc1. The highest BCUT2D eigenvalue weighted by atomic mass is 32.1. The summed E-state index contributed by atoms with van der Waals surface area (Å²) in [6.45, 7) is 3.96. The van der Waals surface area contributed by atoms with Crippen molar-refractivity contribution in [2.24, 2.45) is 0 Å². The van der Waals surface area contributed by atoms with Gasteiger partial charge >= 0.3 is 0 Å². The number of rotatable bonds is 6. The van der Waals surface area contributed by atoms with Crippen LogP contribution in [0.25, 0.3) is 0 Å². The standard InChI is InChI=1S/C10H17NOS/c1-3-5-11-10(7-12-2)9-4-6-13-8-9/h4,6,8,10-11H,3,5,7H2,1-2H3. The Bertz CT molecular complexity index is 211. The van der Waals surface area contributed by atoms with Gasteiger partial charge in [0.05, 0.1) is 12.6 Å². The van der Waals surface area contributed by atoms with Crippen LogP contribution in [0.4, 0.5) is 0 Å². The Morgan fingerprint density at radius 3 is 3.00 bits per heavy atom. The fourth-order valence-electron chi connectivity index (χ4n) is 1.23. The fraction of sp³-hybridized carbons (Fsp3) is 0.600. The molecule has 0 bridgehead atoms. The Kier molecular flexibility index (Phi) is 5.05. The molecule has 1 unspecified atom stereocenters. The molecule has 1 rings (SSSR count). The Hall–Kier alpha value is -0.380.